The molecule has 0 heterocycles. The van der Waals surface area contributed by atoms with Crippen molar-refractivity contribution < 1.29 is 14.3 Å². The summed E-state index contributed by atoms with van der Waals surface area (Å²) in [4.78, 5) is 25.1. The Kier molecular flexibility index (Phi) is 9.67. The van der Waals surface area contributed by atoms with Crippen LogP contribution in [0.1, 0.15) is 18.0 Å². The first kappa shape index (κ1) is 20.1. The SMILES string of the molecule is CNC(=O)NC(=O)CN[C@H](CCN(C)CCOC)c1ccccc1. The van der Waals surface area contributed by atoms with Crippen molar-refractivity contribution >= 4 is 11.9 Å². The molecule has 0 radical (unpaired) electrons. The molecule has 1 atom stereocenters. The van der Waals surface area contributed by atoms with Gasteiger partial charge in [-0.2, -0.15) is 0 Å². The zero-order valence-corrected chi connectivity index (χ0v) is 14.7. The molecule has 134 valence electrons. The molecule has 7 nitrogen and oxygen atoms in total. The van der Waals surface area contributed by atoms with Crippen LogP contribution in [0.5, 0.6) is 0 Å². The van der Waals surface area contributed by atoms with E-state index >= 15 is 0 Å². The minimum atomic E-state index is -0.502. The lowest BCUT2D eigenvalue weighted by molar-refractivity contribution is -0.119. The predicted octanol–water partition coefficient (Wildman–Crippen LogP) is 0.741. The molecule has 0 aliphatic rings. The number of imide groups is 1. The Morgan fingerprint density at radius 2 is 1.92 bits per heavy atom. The van der Waals surface area contributed by atoms with E-state index in [0.29, 0.717) is 6.61 Å². The first-order chi connectivity index (χ1) is 11.6. The minimum Gasteiger partial charge on any atom is -0.383 e. The number of hydrogen-bond donors (Lipinski definition) is 3. The average molecular weight is 336 g/mol. The van der Waals surface area contributed by atoms with E-state index in [1.54, 1.807) is 7.11 Å². The number of rotatable bonds is 10. The van der Waals surface area contributed by atoms with Crippen LogP contribution in [-0.2, 0) is 9.53 Å². The Hall–Kier alpha value is -1.96. The van der Waals surface area contributed by atoms with E-state index in [-0.39, 0.29) is 18.5 Å². The van der Waals surface area contributed by atoms with Gasteiger partial charge in [-0.1, -0.05) is 30.3 Å². The van der Waals surface area contributed by atoms with Crippen LogP contribution in [0.25, 0.3) is 0 Å². The maximum Gasteiger partial charge on any atom is 0.321 e. The van der Waals surface area contributed by atoms with E-state index < -0.39 is 6.03 Å². The molecule has 1 aromatic rings. The van der Waals surface area contributed by atoms with Gasteiger partial charge in [0.05, 0.1) is 13.2 Å². The molecule has 24 heavy (non-hydrogen) atoms. The molecule has 0 aliphatic carbocycles. The topological polar surface area (TPSA) is 82.7 Å². The Labute approximate surface area is 143 Å². The number of amides is 3. The Morgan fingerprint density at radius 3 is 2.54 bits per heavy atom. The molecule has 0 aromatic heterocycles. The highest BCUT2D eigenvalue weighted by atomic mass is 16.5. The fraction of sp³-hybridized carbons (Fsp3) is 0.529. The highest BCUT2D eigenvalue weighted by Crippen LogP contribution is 2.16. The molecule has 0 fully saturated rings. The van der Waals surface area contributed by atoms with Crippen LogP contribution in [0.4, 0.5) is 4.79 Å². The molecular formula is C17H28N4O3. The highest BCUT2D eigenvalue weighted by molar-refractivity contribution is 5.95. The third kappa shape index (κ3) is 8.05. The number of benzene rings is 1. The second kappa shape index (κ2) is 11.6. The van der Waals surface area contributed by atoms with Gasteiger partial charge < -0.3 is 20.3 Å². The van der Waals surface area contributed by atoms with E-state index in [9.17, 15) is 9.59 Å². The molecule has 0 saturated carbocycles. The molecule has 0 bridgehead atoms. The second-order valence-electron chi connectivity index (χ2n) is 5.56. The van der Waals surface area contributed by atoms with Crippen LogP contribution < -0.4 is 16.0 Å². The third-order valence-corrected chi connectivity index (χ3v) is 3.67. The fourth-order valence-corrected chi connectivity index (χ4v) is 2.23. The summed E-state index contributed by atoms with van der Waals surface area (Å²) in [5.41, 5.74) is 1.12. The summed E-state index contributed by atoms with van der Waals surface area (Å²) in [5.74, 6) is -0.358. The highest BCUT2D eigenvalue weighted by Gasteiger charge is 2.14. The molecule has 3 amide bonds. The van der Waals surface area contributed by atoms with Gasteiger partial charge in [0.15, 0.2) is 0 Å². The molecule has 1 aromatic carbocycles. The summed E-state index contributed by atoms with van der Waals surface area (Å²) in [6.45, 7) is 2.49. The number of likely N-dealkylation sites (N-methyl/N-ethyl adjacent to an activating group) is 1. The molecule has 3 N–H and O–H groups in total. The third-order valence-electron chi connectivity index (χ3n) is 3.67. The number of nitrogens with zero attached hydrogens (tertiary/aromatic N) is 1. The van der Waals surface area contributed by atoms with Gasteiger partial charge in [-0.25, -0.2) is 4.79 Å². The summed E-state index contributed by atoms with van der Waals surface area (Å²) in [6, 6.07) is 9.51. The van der Waals surface area contributed by atoms with Gasteiger partial charge in [0, 0.05) is 26.7 Å². The van der Waals surface area contributed by atoms with Gasteiger partial charge in [-0.15, -0.1) is 0 Å². The summed E-state index contributed by atoms with van der Waals surface area (Å²) in [7, 11) is 5.20. The molecule has 0 spiro atoms. The predicted molar refractivity (Wildman–Crippen MR) is 93.8 cm³/mol. The van der Waals surface area contributed by atoms with E-state index in [0.717, 1.165) is 25.1 Å². The summed E-state index contributed by atoms with van der Waals surface area (Å²) in [6.07, 6.45) is 0.845. The second-order valence-corrected chi connectivity index (χ2v) is 5.56. The van der Waals surface area contributed by atoms with Crippen LogP contribution in [-0.4, -0.2) is 64.3 Å². The number of hydrogen-bond acceptors (Lipinski definition) is 5. The van der Waals surface area contributed by atoms with Crippen molar-refractivity contribution in [3.63, 3.8) is 0 Å². The molecule has 0 unspecified atom stereocenters. The monoisotopic (exact) mass is 336 g/mol. The lowest BCUT2D eigenvalue weighted by Gasteiger charge is -2.23. The summed E-state index contributed by atoms with van der Waals surface area (Å²) < 4.78 is 5.08. The number of carbonyl (C=O) groups is 2. The zero-order valence-electron chi connectivity index (χ0n) is 14.7. The molecule has 0 aliphatic heterocycles. The van der Waals surface area contributed by atoms with E-state index in [1.165, 1.54) is 7.05 Å². The average Bonchev–Trinajstić information content (AvgIpc) is 2.60. The van der Waals surface area contributed by atoms with Crippen LogP contribution in [0.15, 0.2) is 30.3 Å². The van der Waals surface area contributed by atoms with Crippen LogP contribution in [0, 0.1) is 0 Å². The molecular weight excluding hydrogens is 308 g/mol. The number of methoxy groups -OCH3 is 1. The van der Waals surface area contributed by atoms with Crippen molar-refractivity contribution in [1.29, 1.82) is 0 Å². The van der Waals surface area contributed by atoms with Crippen molar-refractivity contribution in [3.05, 3.63) is 35.9 Å². The Morgan fingerprint density at radius 1 is 1.21 bits per heavy atom. The van der Waals surface area contributed by atoms with E-state index in [4.69, 9.17) is 4.74 Å². The van der Waals surface area contributed by atoms with Crippen LogP contribution in [0.3, 0.4) is 0 Å². The molecule has 1 rings (SSSR count). The Balaban J connectivity index is 2.56. The van der Waals surface area contributed by atoms with Gasteiger partial charge >= 0.3 is 6.03 Å². The van der Waals surface area contributed by atoms with E-state index in [2.05, 4.69) is 20.9 Å². The largest absolute Gasteiger partial charge is 0.383 e. The van der Waals surface area contributed by atoms with Crippen LogP contribution >= 0.6 is 0 Å². The number of carbonyl (C=O) groups excluding carboxylic acids is 2. The normalized spacial score (nSPS) is 12.0. The first-order valence-corrected chi connectivity index (χ1v) is 8.04. The quantitative estimate of drug-likeness (QED) is 0.587. The van der Waals surface area contributed by atoms with Crippen molar-refractivity contribution in [2.75, 3.05) is 47.4 Å². The number of urea groups is 1. The fourth-order valence-electron chi connectivity index (χ4n) is 2.23. The summed E-state index contributed by atoms with van der Waals surface area (Å²) in [5, 5.41) is 7.84. The number of ether oxygens (including phenoxy) is 1. The first-order valence-electron chi connectivity index (χ1n) is 8.04. The lowest BCUT2D eigenvalue weighted by Crippen LogP contribution is -2.43. The van der Waals surface area contributed by atoms with Gasteiger partial charge in [0.1, 0.15) is 0 Å². The van der Waals surface area contributed by atoms with Crippen molar-refractivity contribution in [1.82, 2.24) is 20.9 Å². The lowest BCUT2D eigenvalue weighted by atomic mass is 10.0. The maximum atomic E-state index is 11.8. The molecule has 7 heteroatoms. The smallest absolute Gasteiger partial charge is 0.321 e. The van der Waals surface area contributed by atoms with Gasteiger partial charge in [-0.3, -0.25) is 10.1 Å². The number of nitrogens with one attached hydrogen (secondary N) is 3. The summed E-state index contributed by atoms with van der Waals surface area (Å²) >= 11 is 0. The minimum absolute atomic E-state index is 0.0339. The Bertz CT molecular complexity index is 496. The molecule has 0 saturated heterocycles. The zero-order chi connectivity index (χ0) is 17.8. The van der Waals surface area contributed by atoms with E-state index in [1.807, 2.05) is 37.4 Å². The van der Waals surface area contributed by atoms with Gasteiger partial charge in [-0.05, 0) is 25.6 Å². The van der Waals surface area contributed by atoms with Crippen molar-refractivity contribution in [2.45, 2.75) is 12.5 Å². The standard InChI is InChI=1S/C17H28N4O3/c1-18-17(23)20-16(22)13-19-15(14-7-5-4-6-8-14)9-10-21(2)11-12-24-3/h4-8,15,19H,9-13H2,1-3H3,(H2,18,20,22,23)/t15-/m1/s1. The van der Waals surface area contributed by atoms with Gasteiger partial charge in [0.25, 0.3) is 0 Å². The van der Waals surface area contributed by atoms with Crippen molar-refractivity contribution in [3.8, 4) is 0 Å². The van der Waals surface area contributed by atoms with Crippen LogP contribution in [0.2, 0.25) is 0 Å². The maximum absolute atomic E-state index is 11.8. The van der Waals surface area contributed by atoms with Gasteiger partial charge in [0.2, 0.25) is 5.91 Å². The van der Waals surface area contributed by atoms with Crippen molar-refractivity contribution in [2.24, 2.45) is 0 Å².